The fourth-order valence-corrected chi connectivity index (χ4v) is 6.68. The van der Waals surface area contributed by atoms with Crippen LogP contribution in [0.5, 0.6) is 0 Å². The number of benzene rings is 2. The SMILES string of the molecule is Cc1nc(CN2CCN(C(=O)c3cccc(S(=O)(=O)N4CCc5ccccc5C4)c3)CC2)cs1. The molecule has 5 rings (SSSR count). The normalized spacial score (nSPS) is 17.5. The minimum absolute atomic E-state index is 0.120. The van der Waals surface area contributed by atoms with Gasteiger partial charge in [0, 0.05) is 56.8 Å². The first-order valence-corrected chi connectivity index (χ1v) is 13.8. The minimum atomic E-state index is -3.68. The van der Waals surface area contributed by atoms with Crippen molar-refractivity contribution in [2.24, 2.45) is 0 Å². The smallest absolute Gasteiger partial charge is 0.253 e. The van der Waals surface area contributed by atoms with E-state index in [4.69, 9.17) is 0 Å². The van der Waals surface area contributed by atoms with Gasteiger partial charge < -0.3 is 4.90 Å². The van der Waals surface area contributed by atoms with Crippen LogP contribution in [0.3, 0.4) is 0 Å². The monoisotopic (exact) mass is 496 g/mol. The zero-order valence-corrected chi connectivity index (χ0v) is 20.8. The van der Waals surface area contributed by atoms with E-state index in [2.05, 4.69) is 21.3 Å². The predicted octanol–water partition coefficient (Wildman–Crippen LogP) is 3.16. The third-order valence-electron chi connectivity index (χ3n) is 6.53. The molecule has 0 saturated carbocycles. The topological polar surface area (TPSA) is 73.8 Å². The van der Waals surface area contributed by atoms with Crippen molar-refractivity contribution in [3.8, 4) is 0 Å². The lowest BCUT2D eigenvalue weighted by molar-refractivity contribution is 0.0627. The van der Waals surface area contributed by atoms with Gasteiger partial charge in [0.15, 0.2) is 0 Å². The number of piperazine rings is 1. The third kappa shape index (κ3) is 4.79. The van der Waals surface area contributed by atoms with E-state index in [9.17, 15) is 13.2 Å². The van der Waals surface area contributed by atoms with Crippen LogP contribution in [-0.2, 0) is 29.5 Å². The third-order valence-corrected chi connectivity index (χ3v) is 9.19. The van der Waals surface area contributed by atoms with Crippen molar-refractivity contribution in [2.45, 2.75) is 31.3 Å². The van der Waals surface area contributed by atoms with Crippen LogP contribution in [0, 0.1) is 6.92 Å². The van der Waals surface area contributed by atoms with Gasteiger partial charge >= 0.3 is 0 Å². The van der Waals surface area contributed by atoms with Crippen LogP contribution < -0.4 is 0 Å². The second kappa shape index (κ2) is 9.58. The highest BCUT2D eigenvalue weighted by molar-refractivity contribution is 7.89. The highest BCUT2D eigenvalue weighted by atomic mass is 32.2. The van der Waals surface area contributed by atoms with Crippen molar-refractivity contribution < 1.29 is 13.2 Å². The van der Waals surface area contributed by atoms with Crippen molar-refractivity contribution >= 4 is 27.3 Å². The summed E-state index contributed by atoms with van der Waals surface area (Å²) in [5.41, 5.74) is 3.72. The Labute approximate surface area is 204 Å². The van der Waals surface area contributed by atoms with Gasteiger partial charge in [0.1, 0.15) is 0 Å². The zero-order chi connectivity index (χ0) is 23.7. The second-order valence-corrected chi connectivity index (χ2v) is 11.8. The average molecular weight is 497 g/mol. The predicted molar refractivity (Wildman–Crippen MR) is 132 cm³/mol. The summed E-state index contributed by atoms with van der Waals surface area (Å²) < 4.78 is 28.2. The summed E-state index contributed by atoms with van der Waals surface area (Å²) in [4.78, 5) is 22.0. The molecule has 1 fully saturated rings. The zero-order valence-electron chi connectivity index (χ0n) is 19.2. The Morgan fingerprint density at radius 2 is 1.76 bits per heavy atom. The number of sulfonamides is 1. The molecule has 0 bridgehead atoms. The number of carbonyl (C=O) groups excluding carboxylic acids is 1. The molecule has 2 aliphatic rings. The molecule has 1 aromatic heterocycles. The molecule has 2 aliphatic heterocycles. The van der Waals surface area contributed by atoms with Crippen molar-refractivity contribution in [3.63, 3.8) is 0 Å². The molecule has 0 unspecified atom stereocenters. The van der Waals surface area contributed by atoms with Crippen molar-refractivity contribution in [2.75, 3.05) is 32.7 Å². The number of thiazole rings is 1. The number of carbonyl (C=O) groups is 1. The quantitative estimate of drug-likeness (QED) is 0.543. The summed E-state index contributed by atoms with van der Waals surface area (Å²) in [6, 6.07) is 14.4. The van der Waals surface area contributed by atoms with Crippen LogP contribution in [0.4, 0.5) is 0 Å². The molecule has 0 radical (unpaired) electrons. The van der Waals surface area contributed by atoms with Gasteiger partial charge in [-0.1, -0.05) is 30.3 Å². The maximum atomic E-state index is 13.4. The maximum absolute atomic E-state index is 13.4. The second-order valence-electron chi connectivity index (χ2n) is 8.81. The fraction of sp³-hybridized carbons (Fsp3) is 0.360. The Bertz CT molecular complexity index is 1300. The Morgan fingerprint density at radius 1 is 1.00 bits per heavy atom. The van der Waals surface area contributed by atoms with Crippen LogP contribution in [0.1, 0.15) is 32.2 Å². The van der Waals surface area contributed by atoms with Crippen LogP contribution in [0.25, 0.3) is 0 Å². The number of aromatic nitrogens is 1. The summed E-state index contributed by atoms with van der Waals surface area (Å²) >= 11 is 1.65. The Morgan fingerprint density at radius 3 is 2.50 bits per heavy atom. The number of hydrogen-bond donors (Lipinski definition) is 0. The summed E-state index contributed by atoms with van der Waals surface area (Å²) in [7, 11) is -3.68. The van der Waals surface area contributed by atoms with E-state index < -0.39 is 10.0 Å². The molecule has 7 nitrogen and oxygen atoms in total. The van der Waals surface area contributed by atoms with E-state index in [1.807, 2.05) is 30.0 Å². The first-order valence-electron chi connectivity index (χ1n) is 11.5. The molecule has 34 heavy (non-hydrogen) atoms. The number of nitrogens with zero attached hydrogens (tertiary/aromatic N) is 4. The molecule has 9 heteroatoms. The largest absolute Gasteiger partial charge is 0.336 e. The molecule has 1 amide bonds. The number of rotatable bonds is 5. The van der Waals surface area contributed by atoms with Crippen LogP contribution >= 0.6 is 11.3 Å². The number of fused-ring (bicyclic) bond motifs is 1. The van der Waals surface area contributed by atoms with Gasteiger partial charge in [0.2, 0.25) is 10.0 Å². The number of aryl methyl sites for hydroxylation is 1. The highest BCUT2D eigenvalue weighted by Crippen LogP contribution is 2.26. The van der Waals surface area contributed by atoms with Crippen molar-refractivity contribution in [1.82, 2.24) is 19.1 Å². The summed E-state index contributed by atoms with van der Waals surface area (Å²) in [6.45, 7) is 6.36. The van der Waals surface area contributed by atoms with Gasteiger partial charge in [-0.25, -0.2) is 13.4 Å². The Hall–Kier alpha value is -2.59. The van der Waals surface area contributed by atoms with E-state index >= 15 is 0 Å². The Balaban J connectivity index is 1.25. The summed E-state index contributed by atoms with van der Waals surface area (Å²) in [6.07, 6.45) is 0.693. The van der Waals surface area contributed by atoms with E-state index in [0.29, 0.717) is 38.2 Å². The molecule has 0 spiro atoms. The van der Waals surface area contributed by atoms with Gasteiger partial charge in [0.25, 0.3) is 5.91 Å². The summed E-state index contributed by atoms with van der Waals surface area (Å²) in [5.74, 6) is -0.120. The first-order chi connectivity index (χ1) is 16.4. The first kappa shape index (κ1) is 23.2. The summed E-state index contributed by atoms with van der Waals surface area (Å²) in [5, 5.41) is 3.15. The van der Waals surface area contributed by atoms with Crippen LogP contribution in [-0.4, -0.2) is 66.1 Å². The van der Waals surface area contributed by atoms with Gasteiger partial charge in [0.05, 0.1) is 15.6 Å². The molecule has 0 aliphatic carbocycles. The maximum Gasteiger partial charge on any atom is 0.253 e. The lowest BCUT2D eigenvalue weighted by atomic mass is 10.0. The number of hydrogen-bond acceptors (Lipinski definition) is 6. The molecule has 3 aromatic rings. The van der Waals surface area contributed by atoms with Crippen molar-refractivity contribution in [1.29, 1.82) is 0 Å². The molecule has 178 valence electrons. The lowest BCUT2D eigenvalue weighted by Crippen LogP contribution is -2.48. The van der Waals surface area contributed by atoms with Crippen LogP contribution in [0.15, 0.2) is 58.8 Å². The van der Waals surface area contributed by atoms with Crippen LogP contribution in [0.2, 0.25) is 0 Å². The highest BCUT2D eigenvalue weighted by Gasteiger charge is 2.29. The van der Waals surface area contributed by atoms with E-state index in [1.165, 1.54) is 15.9 Å². The molecule has 2 aromatic carbocycles. The molecule has 0 atom stereocenters. The van der Waals surface area contributed by atoms with Gasteiger partial charge in [-0.05, 0) is 42.7 Å². The van der Waals surface area contributed by atoms with Gasteiger partial charge in [-0.15, -0.1) is 11.3 Å². The molecule has 3 heterocycles. The van der Waals surface area contributed by atoms with Gasteiger partial charge in [-0.2, -0.15) is 4.31 Å². The minimum Gasteiger partial charge on any atom is -0.336 e. The van der Waals surface area contributed by atoms with E-state index in [-0.39, 0.29) is 10.8 Å². The fourth-order valence-electron chi connectivity index (χ4n) is 4.62. The van der Waals surface area contributed by atoms with Gasteiger partial charge in [-0.3, -0.25) is 9.69 Å². The standard InChI is InChI=1S/C25H28N4O3S2/c1-19-26-23(18-33-19)17-27-11-13-28(14-12-27)25(30)21-7-4-8-24(15-21)34(31,32)29-10-9-20-5-2-3-6-22(20)16-29/h2-8,15,18H,9-14,16-17H2,1H3. The molecule has 1 saturated heterocycles. The number of amides is 1. The molecular formula is C25H28N4O3S2. The van der Waals surface area contributed by atoms with E-state index in [1.54, 1.807) is 29.5 Å². The lowest BCUT2D eigenvalue weighted by Gasteiger charge is -2.34. The van der Waals surface area contributed by atoms with Crippen molar-refractivity contribution in [3.05, 3.63) is 81.3 Å². The molecule has 0 N–H and O–H groups in total. The average Bonchev–Trinajstić information content (AvgIpc) is 3.28. The molecular weight excluding hydrogens is 468 g/mol. The van der Waals surface area contributed by atoms with E-state index in [0.717, 1.165) is 35.9 Å². The Kier molecular flexibility index (Phi) is 6.52.